The van der Waals surface area contributed by atoms with Gasteiger partial charge < -0.3 is 14.6 Å². The van der Waals surface area contributed by atoms with Crippen molar-refractivity contribution in [2.75, 3.05) is 6.61 Å². The second-order valence-corrected chi connectivity index (χ2v) is 8.59. The van der Waals surface area contributed by atoms with Crippen LogP contribution in [0.4, 0.5) is 8.78 Å². The smallest absolute Gasteiger partial charge is 0.378 e. The summed E-state index contributed by atoms with van der Waals surface area (Å²) in [5.41, 5.74) is -0.135. The maximum Gasteiger partial charge on any atom is 0.378 e. The van der Waals surface area contributed by atoms with Crippen LogP contribution in [0.1, 0.15) is 49.4 Å². The van der Waals surface area contributed by atoms with Crippen molar-refractivity contribution < 1.29 is 33.0 Å². The lowest BCUT2D eigenvalue weighted by Gasteiger charge is -2.40. The summed E-state index contributed by atoms with van der Waals surface area (Å²) >= 11 is 0. The van der Waals surface area contributed by atoms with E-state index in [0.29, 0.717) is 11.7 Å². The Labute approximate surface area is 162 Å². The number of halogens is 2. The van der Waals surface area contributed by atoms with Gasteiger partial charge in [-0.3, -0.25) is 0 Å². The molecule has 3 saturated carbocycles. The number of fused-ring (bicyclic) bond motifs is 5. The van der Waals surface area contributed by atoms with Crippen LogP contribution in [0.5, 0.6) is 5.75 Å². The highest BCUT2D eigenvalue weighted by Gasteiger charge is 2.60. The second kappa shape index (κ2) is 6.71. The van der Waals surface area contributed by atoms with Gasteiger partial charge in [-0.05, 0) is 74.6 Å². The van der Waals surface area contributed by atoms with Crippen molar-refractivity contribution >= 4 is 11.9 Å². The second-order valence-electron chi connectivity index (χ2n) is 8.59. The van der Waals surface area contributed by atoms with E-state index in [9.17, 15) is 18.4 Å². The summed E-state index contributed by atoms with van der Waals surface area (Å²) in [5, 5.41) is 8.36. The van der Waals surface area contributed by atoms with E-state index in [1.807, 2.05) is 0 Å². The molecule has 28 heavy (non-hydrogen) atoms. The third-order valence-corrected chi connectivity index (χ3v) is 6.89. The molecule has 1 N–H and O–H groups in total. The van der Waals surface area contributed by atoms with E-state index in [2.05, 4.69) is 11.7 Å². The molecule has 3 fully saturated rings. The Morgan fingerprint density at radius 3 is 2.57 bits per heavy atom. The van der Waals surface area contributed by atoms with Gasteiger partial charge in [-0.2, -0.15) is 8.78 Å². The van der Waals surface area contributed by atoms with Gasteiger partial charge in [-0.25, -0.2) is 9.59 Å². The molecule has 0 amide bonds. The van der Waals surface area contributed by atoms with Crippen LogP contribution in [0.2, 0.25) is 0 Å². The Kier molecular flexibility index (Phi) is 4.59. The largest absolute Gasteiger partial charge is 0.487 e. The molecule has 152 valence electrons. The first-order valence-corrected chi connectivity index (χ1v) is 9.77. The number of carboxylic acid groups (broad SMARTS) is 1. The monoisotopic (exact) mass is 394 g/mol. The lowest BCUT2D eigenvalue weighted by molar-refractivity contribution is -0.170. The molecule has 0 spiro atoms. The number of carboxylic acids is 1. The first-order chi connectivity index (χ1) is 13.2. The molecule has 0 radical (unpaired) electrons. The van der Waals surface area contributed by atoms with Gasteiger partial charge in [-0.15, -0.1) is 0 Å². The summed E-state index contributed by atoms with van der Waals surface area (Å²) < 4.78 is 36.8. The number of alkyl halides is 2. The zero-order valence-corrected chi connectivity index (χ0v) is 15.7. The number of hydrogen-bond acceptors (Lipinski definition) is 4. The Balaban J connectivity index is 1.38. The standard InChI is InChI=1S/C21H24F2O5/c1-20(10-13-9-17(20)16-4-2-3-15(13)16)28-14-7-5-12(6-8-14)18(24)27-11-21(22,23)19(25)26/h5-8,13,15-17H,2-4,9-11H2,1H3,(H,25,26). The summed E-state index contributed by atoms with van der Waals surface area (Å²) in [6.07, 6.45) is 6.23. The van der Waals surface area contributed by atoms with E-state index in [1.54, 1.807) is 12.1 Å². The molecule has 0 aromatic heterocycles. The Bertz CT molecular complexity index is 778. The first kappa shape index (κ1) is 19.2. The number of aliphatic carboxylic acids is 1. The van der Waals surface area contributed by atoms with Crippen molar-refractivity contribution in [1.82, 2.24) is 0 Å². The molecule has 4 rings (SSSR count). The van der Waals surface area contributed by atoms with Gasteiger partial charge in [0.2, 0.25) is 0 Å². The van der Waals surface area contributed by atoms with Gasteiger partial charge in [0.15, 0.2) is 6.61 Å². The highest BCUT2D eigenvalue weighted by atomic mass is 19.3. The summed E-state index contributed by atoms with van der Waals surface area (Å²) in [6.45, 7) is 0.672. The van der Waals surface area contributed by atoms with Crippen molar-refractivity contribution in [1.29, 1.82) is 0 Å². The van der Waals surface area contributed by atoms with Crippen LogP contribution in [-0.4, -0.2) is 35.2 Å². The van der Waals surface area contributed by atoms with Crippen molar-refractivity contribution in [2.45, 2.75) is 50.6 Å². The van der Waals surface area contributed by atoms with Crippen LogP contribution in [0, 0.1) is 23.7 Å². The van der Waals surface area contributed by atoms with Crippen molar-refractivity contribution in [2.24, 2.45) is 23.7 Å². The van der Waals surface area contributed by atoms with Crippen LogP contribution in [0.25, 0.3) is 0 Å². The highest BCUT2D eigenvalue weighted by Crippen LogP contribution is 2.63. The van der Waals surface area contributed by atoms with Crippen molar-refractivity contribution in [3.8, 4) is 5.75 Å². The fraction of sp³-hybridized carbons (Fsp3) is 0.619. The lowest BCUT2D eigenvalue weighted by atomic mass is 9.73. The Morgan fingerprint density at radius 2 is 1.89 bits per heavy atom. The van der Waals surface area contributed by atoms with E-state index < -0.39 is 24.5 Å². The molecule has 3 aliphatic carbocycles. The topological polar surface area (TPSA) is 72.8 Å². The number of rotatable bonds is 6. The maximum atomic E-state index is 13.0. The molecule has 1 aromatic carbocycles. The van der Waals surface area contributed by atoms with Gasteiger partial charge in [0, 0.05) is 5.92 Å². The third kappa shape index (κ3) is 3.25. The van der Waals surface area contributed by atoms with E-state index >= 15 is 0 Å². The molecule has 7 heteroatoms. The molecule has 5 atom stereocenters. The predicted molar refractivity (Wildman–Crippen MR) is 95.4 cm³/mol. The van der Waals surface area contributed by atoms with Gasteiger partial charge in [0.05, 0.1) is 5.56 Å². The summed E-state index contributed by atoms with van der Waals surface area (Å²) in [6, 6.07) is 6.17. The number of esters is 1. The third-order valence-electron chi connectivity index (χ3n) is 6.89. The number of benzene rings is 1. The average molecular weight is 394 g/mol. The minimum Gasteiger partial charge on any atom is -0.487 e. The average Bonchev–Trinajstić information content (AvgIpc) is 3.32. The molecule has 0 saturated heterocycles. The van der Waals surface area contributed by atoms with Crippen LogP contribution < -0.4 is 4.74 Å². The summed E-state index contributed by atoms with van der Waals surface area (Å²) in [5.74, 6) is -3.86. The van der Waals surface area contributed by atoms with Gasteiger partial charge in [-0.1, -0.05) is 6.42 Å². The fourth-order valence-corrected chi connectivity index (χ4v) is 5.73. The molecule has 5 unspecified atom stereocenters. The van der Waals surface area contributed by atoms with Crippen molar-refractivity contribution in [3.05, 3.63) is 29.8 Å². The van der Waals surface area contributed by atoms with E-state index in [-0.39, 0.29) is 11.2 Å². The number of carbonyl (C=O) groups is 2. The van der Waals surface area contributed by atoms with E-state index in [0.717, 1.165) is 24.2 Å². The quantitative estimate of drug-likeness (QED) is 0.734. The van der Waals surface area contributed by atoms with Gasteiger partial charge in [0.25, 0.3) is 0 Å². The number of carbonyl (C=O) groups excluding carboxylic acids is 1. The SMILES string of the molecule is CC1(Oc2ccc(C(=O)OCC(F)(F)C(=O)O)cc2)CC2CC1C1CCCC21. The molecule has 2 bridgehead atoms. The fourth-order valence-electron chi connectivity index (χ4n) is 5.73. The Morgan fingerprint density at radius 1 is 1.21 bits per heavy atom. The van der Waals surface area contributed by atoms with E-state index in [1.165, 1.54) is 37.8 Å². The normalized spacial score (nSPS) is 33.5. The zero-order valence-electron chi connectivity index (χ0n) is 15.7. The highest BCUT2D eigenvalue weighted by molar-refractivity contribution is 5.89. The van der Waals surface area contributed by atoms with Crippen LogP contribution in [0.15, 0.2) is 24.3 Å². The van der Waals surface area contributed by atoms with Crippen LogP contribution in [-0.2, 0) is 9.53 Å². The van der Waals surface area contributed by atoms with Gasteiger partial charge >= 0.3 is 17.9 Å². The van der Waals surface area contributed by atoms with Gasteiger partial charge in [0.1, 0.15) is 11.4 Å². The maximum absolute atomic E-state index is 13.0. The number of ether oxygens (including phenoxy) is 2. The minimum atomic E-state index is -4.10. The molecule has 3 aliphatic rings. The predicted octanol–water partition coefficient (Wildman–Crippen LogP) is 4.16. The molecular formula is C21H24F2O5. The van der Waals surface area contributed by atoms with Crippen LogP contribution >= 0.6 is 0 Å². The number of hydrogen-bond donors (Lipinski definition) is 1. The molecule has 5 nitrogen and oxygen atoms in total. The molecule has 0 aliphatic heterocycles. The molecular weight excluding hydrogens is 370 g/mol. The molecule has 1 aromatic rings. The van der Waals surface area contributed by atoms with Crippen molar-refractivity contribution in [3.63, 3.8) is 0 Å². The summed E-state index contributed by atoms with van der Waals surface area (Å²) in [7, 11) is 0. The first-order valence-electron chi connectivity index (χ1n) is 9.77. The lowest BCUT2D eigenvalue weighted by Crippen LogP contribution is -2.43. The minimum absolute atomic E-state index is 0.0718. The van der Waals surface area contributed by atoms with E-state index in [4.69, 9.17) is 9.84 Å². The zero-order chi connectivity index (χ0) is 20.1. The summed E-state index contributed by atoms with van der Waals surface area (Å²) in [4.78, 5) is 22.2. The molecule has 0 heterocycles. The Hall–Kier alpha value is -2.18. The van der Waals surface area contributed by atoms with Crippen LogP contribution in [0.3, 0.4) is 0 Å².